The zero-order valence-corrected chi connectivity index (χ0v) is 25.7. The van der Waals surface area contributed by atoms with Gasteiger partial charge in [0.25, 0.3) is 0 Å². The van der Waals surface area contributed by atoms with E-state index in [0.717, 1.165) is 41.3 Å². The molecule has 0 radical (unpaired) electrons. The maximum Gasteiger partial charge on any atom is 0.224 e. The molecule has 0 N–H and O–H groups in total. The molecular weight excluding hydrogens is 516 g/mol. The molecule has 5 nitrogen and oxygen atoms in total. The number of methoxy groups -OCH3 is 1. The van der Waals surface area contributed by atoms with Crippen molar-refractivity contribution in [1.29, 1.82) is 0 Å². The normalized spacial score (nSPS) is 11.0. The fourth-order valence-electron chi connectivity index (χ4n) is 5.01. The zero-order valence-electron chi connectivity index (χ0n) is 24.9. The summed E-state index contributed by atoms with van der Waals surface area (Å²) in [6, 6.07) is 14.2. The maximum absolute atomic E-state index is 12.7. The number of ether oxygens (including phenoxy) is 2. The summed E-state index contributed by atoms with van der Waals surface area (Å²) in [4.78, 5) is 14.5. The molecule has 1 aromatic heterocycles. The number of aromatic nitrogens is 1. The lowest BCUT2D eigenvalue weighted by Crippen LogP contribution is -2.31. The van der Waals surface area contributed by atoms with Crippen LogP contribution in [0.3, 0.4) is 0 Å². The van der Waals surface area contributed by atoms with Gasteiger partial charge in [0, 0.05) is 18.2 Å². The molecule has 40 heavy (non-hydrogen) atoms. The molecule has 0 fully saturated rings. The van der Waals surface area contributed by atoms with Crippen molar-refractivity contribution in [3.63, 3.8) is 0 Å². The van der Waals surface area contributed by atoms with Gasteiger partial charge in [-0.1, -0.05) is 107 Å². The van der Waals surface area contributed by atoms with Crippen LogP contribution >= 0.6 is 11.3 Å². The van der Waals surface area contributed by atoms with Crippen LogP contribution in [-0.2, 0) is 17.9 Å². The molecule has 0 aliphatic carbocycles. The Morgan fingerprint density at radius 1 is 0.850 bits per heavy atom. The molecule has 0 unspecified atom stereocenters. The van der Waals surface area contributed by atoms with Crippen molar-refractivity contribution in [3.05, 3.63) is 70.7 Å². The van der Waals surface area contributed by atoms with Gasteiger partial charge in [0.1, 0.15) is 0 Å². The van der Waals surface area contributed by atoms with Crippen molar-refractivity contribution in [2.75, 3.05) is 18.6 Å². The Labute approximate surface area is 246 Å². The molecule has 6 heteroatoms. The third-order valence-electron chi connectivity index (χ3n) is 7.32. The Bertz CT molecular complexity index is 1120. The summed E-state index contributed by atoms with van der Waals surface area (Å²) >= 11 is 1.67. The highest BCUT2D eigenvalue weighted by atomic mass is 32.1. The summed E-state index contributed by atoms with van der Waals surface area (Å²) in [5.74, 6) is 1.48. The molecule has 2 aromatic carbocycles. The SMILES string of the molecule is CCCCCCCCCCCCCCOc1cc(CN(C(C)=O)c2cccc(C[n+]3ccsc3)c2)ccc1OC. The lowest BCUT2D eigenvalue weighted by Gasteiger charge is -2.22. The van der Waals surface area contributed by atoms with Crippen LogP contribution in [0.4, 0.5) is 5.69 Å². The van der Waals surface area contributed by atoms with Crippen molar-refractivity contribution in [1.82, 2.24) is 0 Å². The predicted molar refractivity (Wildman–Crippen MR) is 166 cm³/mol. The first-order chi connectivity index (χ1) is 19.6. The average molecular weight is 566 g/mol. The van der Waals surface area contributed by atoms with Crippen LogP contribution in [0, 0.1) is 0 Å². The van der Waals surface area contributed by atoms with Gasteiger partial charge in [0.05, 0.1) is 25.6 Å². The van der Waals surface area contributed by atoms with E-state index in [-0.39, 0.29) is 5.91 Å². The van der Waals surface area contributed by atoms with Gasteiger partial charge in [-0.25, -0.2) is 0 Å². The second-order valence-electron chi connectivity index (χ2n) is 10.7. The number of unbranched alkanes of at least 4 members (excludes halogenated alkanes) is 11. The van der Waals surface area contributed by atoms with Gasteiger partial charge >= 0.3 is 0 Å². The number of carbonyl (C=O) groups is 1. The quantitative estimate of drug-likeness (QED) is 0.102. The third-order valence-corrected chi connectivity index (χ3v) is 7.99. The van der Waals surface area contributed by atoms with Crippen molar-refractivity contribution < 1.29 is 18.8 Å². The number of thiazole rings is 1. The van der Waals surface area contributed by atoms with E-state index in [0.29, 0.717) is 13.2 Å². The molecule has 0 saturated heterocycles. The van der Waals surface area contributed by atoms with Gasteiger partial charge in [-0.3, -0.25) is 4.79 Å². The maximum atomic E-state index is 12.7. The van der Waals surface area contributed by atoms with Crippen LogP contribution in [0.1, 0.15) is 102 Å². The molecular formula is C34H49N2O3S+. The predicted octanol–water partition coefficient (Wildman–Crippen LogP) is 8.73. The van der Waals surface area contributed by atoms with Crippen LogP contribution in [-0.4, -0.2) is 19.6 Å². The number of hydrogen-bond acceptors (Lipinski definition) is 4. The van der Waals surface area contributed by atoms with E-state index >= 15 is 0 Å². The number of rotatable bonds is 20. The Morgan fingerprint density at radius 3 is 2.17 bits per heavy atom. The van der Waals surface area contributed by atoms with Crippen molar-refractivity contribution in [2.24, 2.45) is 0 Å². The number of nitrogens with zero attached hydrogens (tertiary/aromatic N) is 2. The molecule has 0 saturated carbocycles. The highest BCUT2D eigenvalue weighted by Gasteiger charge is 2.16. The Hall–Kier alpha value is -2.86. The van der Waals surface area contributed by atoms with Gasteiger partial charge in [0.2, 0.25) is 11.4 Å². The number of anilines is 1. The van der Waals surface area contributed by atoms with Gasteiger partial charge < -0.3 is 14.4 Å². The molecule has 218 valence electrons. The molecule has 0 spiro atoms. The highest BCUT2D eigenvalue weighted by molar-refractivity contribution is 7.07. The van der Waals surface area contributed by atoms with E-state index in [9.17, 15) is 4.79 Å². The minimum atomic E-state index is 0.00937. The standard InChI is InChI=1S/C34H49N2O3S/c1-4-5-6-7-8-9-10-11-12-13-14-15-22-39-34-25-31(19-20-33(34)38-3)27-36(29(2)37)32-18-16-17-30(24-32)26-35-21-23-40-28-35/h16-21,23-25,28H,4-15,22,26-27H2,1-3H3/q+1. The summed E-state index contributed by atoms with van der Waals surface area (Å²) in [7, 11) is 1.67. The van der Waals surface area contributed by atoms with E-state index < -0.39 is 0 Å². The third kappa shape index (κ3) is 11.3. The number of amides is 1. The van der Waals surface area contributed by atoms with Crippen LogP contribution in [0.5, 0.6) is 11.5 Å². The van der Waals surface area contributed by atoms with Gasteiger partial charge in [0.15, 0.2) is 24.2 Å². The lowest BCUT2D eigenvalue weighted by atomic mass is 10.1. The van der Waals surface area contributed by atoms with E-state index in [2.05, 4.69) is 40.7 Å². The van der Waals surface area contributed by atoms with Crippen LogP contribution in [0.15, 0.2) is 59.6 Å². The van der Waals surface area contributed by atoms with E-state index in [1.54, 1.807) is 25.4 Å². The average Bonchev–Trinajstić information content (AvgIpc) is 3.47. The van der Waals surface area contributed by atoms with Crippen LogP contribution < -0.4 is 18.9 Å². The lowest BCUT2D eigenvalue weighted by molar-refractivity contribution is -0.683. The molecule has 1 amide bonds. The van der Waals surface area contributed by atoms with E-state index in [1.165, 1.54) is 70.6 Å². The monoisotopic (exact) mass is 565 g/mol. The molecule has 0 bridgehead atoms. The minimum Gasteiger partial charge on any atom is -0.493 e. The molecule has 0 aliphatic rings. The molecule has 1 heterocycles. The summed E-state index contributed by atoms with van der Waals surface area (Å²) in [6.45, 7) is 5.83. The first-order valence-electron chi connectivity index (χ1n) is 15.2. The summed E-state index contributed by atoms with van der Waals surface area (Å²) in [5, 5.41) is 2.06. The molecule has 0 aliphatic heterocycles. The second kappa shape index (κ2) is 18.5. The minimum absolute atomic E-state index is 0.00937. The molecule has 0 atom stereocenters. The summed E-state index contributed by atoms with van der Waals surface area (Å²) in [5.41, 5.74) is 5.16. The summed E-state index contributed by atoms with van der Waals surface area (Å²) < 4.78 is 13.9. The number of carbonyl (C=O) groups excluding carboxylic acids is 1. The van der Waals surface area contributed by atoms with Gasteiger partial charge in [-0.05, 0) is 36.2 Å². The molecule has 3 rings (SSSR count). The zero-order chi connectivity index (χ0) is 28.4. The van der Waals surface area contributed by atoms with Gasteiger partial charge in [-0.15, -0.1) is 0 Å². The van der Waals surface area contributed by atoms with Crippen LogP contribution in [0.2, 0.25) is 0 Å². The first-order valence-corrected chi connectivity index (χ1v) is 16.1. The van der Waals surface area contributed by atoms with Crippen molar-refractivity contribution >= 4 is 22.9 Å². The number of hydrogen-bond donors (Lipinski definition) is 0. The van der Waals surface area contributed by atoms with E-state index in [1.807, 2.05) is 35.2 Å². The van der Waals surface area contributed by atoms with E-state index in [4.69, 9.17) is 9.47 Å². The fourth-order valence-corrected chi connectivity index (χ4v) is 5.61. The largest absolute Gasteiger partial charge is 0.493 e. The van der Waals surface area contributed by atoms with Crippen molar-refractivity contribution in [3.8, 4) is 11.5 Å². The second-order valence-corrected chi connectivity index (χ2v) is 11.5. The molecule has 3 aromatic rings. The highest BCUT2D eigenvalue weighted by Crippen LogP contribution is 2.30. The van der Waals surface area contributed by atoms with Crippen LogP contribution in [0.25, 0.3) is 0 Å². The van der Waals surface area contributed by atoms with Crippen molar-refractivity contribution in [2.45, 2.75) is 104 Å². The topological polar surface area (TPSA) is 42.7 Å². The smallest absolute Gasteiger partial charge is 0.224 e. The van der Waals surface area contributed by atoms with Gasteiger partial charge in [-0.2, -0.15) is 4.57 Å². The fraction of sp³-hybridized carbons (Fsp3) is 0.529. The number of benzene rings is 2. The first kappa shape index (κ1) is 31.7. The Morgan fingerprint density at radius 2 is 1.55 bits per heavy atom. The Balaban J connectivity index is 1.46. The summed E-state index contributed by atoms with van der Waals surface area (Å²) in [6.07, 6.45) is 17.9. The Kier molecular flexibility index (Phi) is 14.6.